The number of aromatic nitrogens is 1. The van der Waals surface area contributed by atoms with Crippen LogP contribution >= 0.6 is 0 Å². The molecule has 3 heterocycles. The fourth-order valence-electron chi connectivity index (χ4n) is 3.43. The number of rotatable bonds is 6. The molecule has 0 N–H and O–H groups in total. The number of likely N-dealkylation sites (tertiary alicyclic amines) is 1. The van der Waals surface area contributed by atoms with Crippen LogP contribution in [0.15, 0.2) is 24.5 Å². The van der Waals surface area contributed by atoms with Crippen LogP contribution < -0.4 is 0 Å². The number of pyridine rings is 1. The van der Waals surface area contributed by atoms with E-state index in [0.717, 1.165) is 44.5 Å². The second-order valence-electron chi connectivity index (χ2n) is 7.50. The molecule has 132 valence electrons. The molecule has 0 aliphatic carbocycles. The van der Waals surface area contributed by atoms with Gasteiger partial charge < -0.3 is 14.4 Å². The van der Waals surface area contributed by atoms with E-state index in [-0.39, 0.29) is 17.6 Å². The summed E-state index contributed by atoms with van der Waals surface area (Å²) in [5.41, 5.74) is 0.971. The monoisotopic (exact) mass is 332 g/mol. The summed E-state index contributed by atoms with van der Waals surface area (Å²) in [4.78, 5) is 18.1. The quantitative estimate of drug-likeness (QED) is 0.804. The van der Waals surface area contributed by atoms with Crippen LogP contribution in [0.25, 0.3) is 0 Å². The first kappa shape index (κ1) is 17.4. The summed E-state index contributed by atoms with van der Waals surface area (Å²) < 4.78 is 12.1. The Labute approximate surface area is 144 Å². The van der Waals surface area contributed by atoms with Crippen LogP contribution in [0, 0.1) is 5.92 Å². The predicted octanol–water partition coefficient (Wildman–Crippen LogP) is 2.79. The predicted molar refractivity (Wildman–Crippen MR) is 91.4 cm³/mol. The molecule has 1 amide bonds. The van der Waals surface area contributed by atoms with E-state index in [2.05, 4.69) is 18.8 Å². The van der Waals surface area contributed by atoms with Gasteiger partial charge in [-0.2, -0.15) is 0 Å². The van der Waals surface area contributed by atoms with Crippen molar-refractivity contribution in [2.75, 3.05) is 19.7 Å². The van der Waals surface area contributed by atoms with Gasteiger partial charge in [-0.05, 0) is 36.5 Å². The molecular formula is C19H28N2O3. The molecule has 0 aromatic carbocycles. The van der Waals surface area contributed by atoms with Gasteiger partial charge in [-0.3, -0.25) is 9.78 Å². The maximum Gasteiger partial charge on any atom is 0.222 e. The van der Waals surface area contributed by atoms with E-state index in [1.165, 1.54) is 0 Å². The highest BCUT2D eigenvalue weighted by atomic mass is 16.5. The van der Waals surface area contributed by atoms with Crippen molar-refractivity contribution in [2.24, 2.45) is 5.92 Å². The summed E-state index contributed by atoms with van der Waals surface area (Å²) in [5, 5.41) is 0. The van der Waals surface area contributed by atoms with Gasteiger partial charge in [0, 0.05) is 31.8 Å². The minimum Gasteiger partial charge on any atom is -0.373 e. The van der Waals surface area contributed by atoms with E-state index >= 15 is 0 Å². The van der Waals surface area contributed by atoms with Crippen LogP contribution in [0.5, 0.6) is 0 Å². The smallest absolute Gasteiger partial charge is 0.222 e. The average molecular weight is 332 g/mol. The number of amides is 1. The van der Waals surface area contributed by atoms with E-state index in [1.54, 1.807) is 12.4 Å². The van der Waals surface area contributed by atoms with Crippen LogP contribution in [-0.2, 0) is 20.9 Å². The molecule has 2 saturated heterocycles. The van der Waals surface area contributed by atoms with E-state index in [9.17, 15) is 4.79 Å². The fourth-order valence-corrected chi connectivity index (χ4v) is 3.43. The van der Waals surface area contributed by atoms with Crippen molar-refractivity contribution in [3.63, 3.8) is 0 Å². The van der Waals surface area contributed by atoms with Crippen molar-refractivity contribution < 1.29 is 14.3 Å². The molecule has 0 unspecified atom stereocenters. The highest BCUT2D eigenvalue weighted by Gasteiger charge is 2.49. The Morgan fingerprint density at radius 2 is 2.17 bits per heavy atom. The van der Waals surface area contributed by atoms with E-state index in [0.29, 0.717) is 18.9 Å². The molecule has 1 aromatic rings. The summed E-state index contributed by atoms with van der Waals surface area (Å²) in [6, 6.07) is 3.96. The van der Waals surface area contributed by atoms with E-state index < -0.39 is 0 Å². The van der Waals surface area contributed by atoms with Crippen LogP contribution in [-0.4, -0.2) is 47.2 Å². The summed E-state index contributed by atoms with van der Waals surface area (Å²) in [6.45, 7) is 7.08. The second kappa shape index (κ2) is 7.62. The summed E-state index contributed by atoms with van der Waals surface area (Å²) in [6.07, 6.45) is 7.20. The molecule has 0 bridgehead atoms. The third-order valence-electron chi connectivity index (χ3n) is 4.93. The van der Waals surface area contributed by atoms with Crippen molar-refractivity contribution in [1.29, 1.82) is 0 Å². The van der Waals surface area contributed by atoms with Crippen molar-refractivity contribution in [3.05, 3.63) is 30.1 Å². The van der Waals surface area contributed by atoms with Crippen LogP contribution in [0.2, 0.25) is 0 Å². The maximum atomic E-state index is 12.2. The van der Waals surface area contributed by atoms with Crippen molar-refractivity contribution in [1.82, 2.24) is 9.88 Å². The summed E-state index contributed by atoms with van der Waals surface area (Å²) in [7, 11) is 0. The molecule has 2 fully saturated rings. The minimum atomic E-state index is -0.172. The lowest BCUT2D eigenvalue weighted by Crippen LogP contribution is -2.67. The maximum absolute atomic E-state index is 12.2. The number of carbonyl (C=O) groups excluding carboxylic acids is 1. The first-order chi connectivity index (χ1) is 11.6. The van der Waals surface area contributed by atoms with Crippen molar-refractivity contribution >= 4 is 5.91 Å². The number of ether oxygens (including phenoxy) is 2. The number of hydrogen-bond acceptors (Lipinski definition) is 4. The highest BCUT2D eigenvalue weighted by Crippen LogP contribution is 2.36. The first-order valence-electron chi connectivity index (χ1n) is 8.98. The Hall–Kier alpha value is -1.46. The van der Waals surface area contributed by atoms with Crippen molar-refractivity contribution in [2.45, 2.75) is 57.8 Å². The fraction of sp³-hybridized carbons (Fsp3) is 0.684. The van der Waals surface area contributed by atoms with Gasteiger partial charge in [0.1, 0.15) is 5.60 Å². The molecule has 1 spiro atoms. The molecule has 2 aliphatic heterocycles. The zero-order valence-corrected chi connectivity index (χ0v) is 14.7. The molecule has 3 rings (SSSR count). The zero-order valence-electron chi connectivity index (χ0n) is 14.7. The molecule has 1 atom stereocenters. The first-order valence-corrected chi connectivity index (χ1v) is 8.98. The Bertz CT molecular complexity index is 541. The van der Waals surface area contributed by atoms with Crippen LogP contribution in [0.1, 0.15) is 45.1 Å². The van der Waals surface area contributed by atoms with E-state index in [4.69, 9.17) is 9.47 Å². The lowest BCUT2D eigenvalue weighted by molar-refractivity contribution is -0.202. The van der Waals surface area contributed by atoms with Gasteiger partial charge in [-0.25, -0.2) is 0 Å². The molecule has 5 nitrogen and oxygen atoms in total. The van der Waals surface area contributed by atoms with Crippen LogP contribution in [0.3, 0.4) is 0 Å². The molecule has 2 aliphatic rings. The Balaban J connectivity index is 1.44. The van der Waals surface area contributed by atoms with Gasteiger partial charge in [-0.15, -0.1) is 0 Å². The van der Waals surface area contributed by atoms with Crippen molar-refractivity contribution in [3.8, 4) is 0 Å². The van der Waals surface area contributed by atoms with Gasteiger partial charge in [0.05, 0.1) is 25.8 Å². The number of hydrogen-bond donors (Lipinski definition) is 0. The second-order valence-corrected chi connectivity index (χ2v) is 7.50. The summed E-state index contributed by atoms with van der Waals surface area (Å²) >= 11 is 0. The normalized spacial score (nSPS) is 22.6. The Kier molecular flexibility index (Phi) is 5.51. The Morgan fingerprint density at radius 3 is 2.88 bits per heavy atom. The third kappa shape index (κ3) is 4.33. The largest absolute Gasteiger partial charge is 0.373 e. The Morgan fingerprint density at radius 1 is 1.42 bits per heavy atom. The van der Waals surface area contributed by atoms with Gasteiger partial charge in [-0.1, -0.05) is 13.8 Å². The average Bonchev–Trinajstić information content (AvgIpc) is 2.57. The van der Waals surface area contributed by atoms with E-state index in [1.807, 2.05) is 17.0 Å². The SMILES string of the molecule is CC(C)CCC(=O)N1CC2(C[C@@H](OCc3ccncc3)CCO2)C1. The van der Waals surface area contributed by atoms with Crippen LogP contribution in [0.4, 0.5) is 0 Å². The number of carbonyl (C=O) groups is 1. The lowest BCUT2D eigenvalue weighted by Gasteiger charge is -2.53. The van der Waals surface area contributed by atoms with Gasteiger partial charge in [0.2, 0.25) is 5.91 Å². The minimum absolute atomic E-state index is 0.172. The van der Waals surface area contributed by atoms with Gasteiger partial charge in [0.15, 0.2) is 0 Å². The topological polar surface area (TPSA) is 51.7 Å². The molecule has 24 heavy (non-hydrogen) atoms. The molecule has 1 aromatic heterocycles. The number of nitrogens with zero attached hydrogens (tertiary/aromatic N) is 2. The van der Waals surface area contributed by atoms with Gasteiger partial charge in [0.25, 0.3) is 0 Å². The molecule has 5 heteroatoms. The van der Waals surface area contributed by atoms with Gasteiger partial charge >= 0.3 is 0 Å². The molecule has 0 saturated carbocycles. The molecular weight excluding hydrogens is 304 g/mol. The third-order valence-corrected chi connectivity index (χ3v) is 4.93. The lowest BCUT2D eigenvalue weighted by atomic mass is 9.84. The zero-order chi connectivity index (χ0) is 17.0. The summed E-state index contributed by atoms with van der Waals surface area (Å²) in [5.74, 6) is 0.832. The molecule has 0 radical (unpaired) electrons. The highest BCUT2D eigenvalue weighted by molar-refractivity contribution is 5.77. The standard InChI is InChI=1S/C19H28N2O3/c1-15(2)3-4-18(22)21-13-19(14-21)11-17(7-10-24-19)23-12-16-5-8-20-9-6-16/h5-6,8-9,15,17H,3-4,7,10-14H2,1-2H3/t17-/m0/s1.